The molecule has 0 bridgehead atoms. The summed E-state index contributed by atoms with van der Waals surface area (Å²) in [6.45, 7) is 2.36. The van der Waals surface area contributed by atoms with Crippen LogP contribution < -0.4 is 5.32 Å². The van der Waals surface area contributed by atoms with Crippen molar-refractivity contribution < 1.29 is 9.52 Å². The minimum Gasteiger partial charge on any atom is -0.469 e. The molecule has 0 saturated heterocycles. The Morgan fingerprint density at radius 3 is 3.33 bits per heavy atom. The fourth-order valence-electron chi connectivity index (χ4n) is 2.28. The zero-order chi connectivity index (χ0) is 10.7. The predicted octanol–water partition coefficient (Wildman–Crippen LogP) is 2.02. The molecule has 0 radical (unpaired) electrons. The predicted molar refractivity (Wildman–Crippen MR) is 58.7 cm³/mol. The molecule has 15 heavy (non-hydrogen) atoms. The molecule has 0 aliphatic heterocycles. The van der Waals surface area contributed by atoms with Gasteiger partial charge in [-0.05, 0) is 32.3 Å². The van der Waals surface area contributed by atoms with E-state index in [2.05, 4.69) is 18.3 Å². The second-order valence-electron chi connectivity index (χ2n) is 4.32. The minimum atomic E-state index is 0.249. The van der Waals surface area contributed by atoms with Gasteiger partial charge in [0, 0.05) is 30.7 Å². The number of furan rings is 1. The average Bonchev–Trinajstić information content (AvgIpc) is 2.67. The highest BCUT2D eigenvalue weighted by molar-refractivity contribution is 5.24. The number of aryl methyl sites for hydroxylation is 1. The van der Waals surface area contributed by atoms with Gasteiger partial charge >= 0.3 is 0 Å². The minimum absolute atomic E-state index is 0.249. The SMILES string of the molecule is CC(CCO)NC1CCCc2occc21. The highest BCUT2D eigenvalue weighted by Gasteiger charge is 2.23. The van der Waals surface area contributed by atoms with E-state index in [0.717, 1.165) is 18.6 Å². The molecule has 3 nitrogen and oxygen atoms in total. The van der Waals surface area contributed by atoms with E-state index < -0.39 is 0 Å². The summed E-state index contributed by atoms with van der Waals surface area (Å²) >= 11 is 0. The highest BCUT2D eigenvalue weighted by atomic mass is 16.3. The van der Waals surface area contributed by atoms with Crippen LogP contribution in [0.5, 0.6) is 0 Å². The summed E-state index contributed by atoms with van der Waals surface area (Å²) in [5.41, 5.74) is 1.31. The third-order valence-corrected chi connectivity index (χ3v) is 3.10. The highest BCUT2D eigenvalue weighted by Crippen LogP contribution is 2.30. The number of fused-ring (bicyclic) bond motifs is 1. The van der Waals surface area contributed by atoms with Gasteiger partial charge in [-0.25, -0.2) is 0 Å². The van der Waals surface area contributed by atoms with Crippen molar-refractivity contribution in [3.05, 3.63) is 23.7 Å². The number of aliphatic hydroxyl groups is 1. The van der Waals surface area contributed by atoms with E-state index in [1.165, 1.54) is 18.4 Å². The molecule has 2 unspecified atom stereocenters. The quantitative estimate of drug-likeness (QED) is 0.797. The van der Waals surface area contributed by atoms with E-state index in [-0.39, 0.29) is 6.61 Å². The van der Waals surface area contributed by atoms with E-state index in [1.54, 1.807) is 6.26 Å². The van der Waals surface area contributed by atoms with Crippen LogP contribution in [0.4, 0.5) is 0 Å². The van der Waals surface area contributed by atoms with Crippen LogP contribution in [-0.4, -0.2) is 17.8 Å². The fourth-order valence-corrected chi connectivity index (χ4v) is 2.28. The Morgan fingerprint density at radius 2 is 2.53 bits per heavy atom. The van der Waals surface area contributed by atoms with Crippen molar-refractivity contribution in [3.8, 4) is 0 Å². The molecule has 2 atom stereocenters. The lowest BCUT2D eigenvalue weighted by molar-refractivity contribution is 0.259. The van der Waals surface area contributed by atoms with Crippen LogP contribution in [0.2, 0.25) is 0 Å². The fraction of sp³-hybridized carbons (Fsp3) is 0.667. The molecular weight excluding hydrogens is 190 g/mol. The molecule has 3 heteroatoms. The van der Waals surface area contributed by atoms with Gasteiger partial charge in [0.1, 0.15) is 5.76 Å². The summed E-state index contributed by atoms with van der Waals surface area (Å²) in [5, 5.41) is 12.4. The van der Waals surface area contributed by atoms with E-state index in [9.17, 15) is 0 Å². The smallest absolute Gasteiger partial charge is 0.108 e. The zero-order valence-electron chi connectivity index (χ0n) is 9.20. The maximum atomic E-state index is 8.86. The molecule has 1 aliphatic carbocycles. The monoisotopic (exact) mass is 209 g/mol. The van der Waals surface area contributed by atoms with E-state index >= 15 is 0 Å². The molecule has 1 aliphatic rings. The molecule has 1 heterocycles. The maximum Gasteiger partial charge on any atom is 0.108 e. The molecule has 2 rings (SSSR count). The summed E-state index contributed by atoms with van der Waals surface area (Å²) < 4.78 is 5.44. The van der Waals surface area contributed by atoms with Crippen LogP contribution in [-0.2, 0) is 6.42 Å². The first-order valence-electron chi connectivity index (χ1n) is 5.74. The largest absolute Gasteiger partial charge is 0.469 e. The lowest BCUT2D eigenvalue weighted by Crippen LogP contribution is -2.32. The number of hydrogen-bond donors (Lipinski definition) is 2. The van der Waals surface area contributed by atoms with Crippen LogP contribution in [0.3, 0.4) is 0 Å². The molecular formula is C12H19NO2. The van der Waals surface area contributed by atoms with Crippen molar-refractivity contribution in [2.75, 3.05) is 6.61 Å². The van der Waals surface area contributed by atoms with Gasteiger partial charge in [-0.15, -0.1) is 0 Å². The Labute approximate surface area is 90.5 Å². The summed E-state index contributed by atoms with van der Waals surface area (Å²) in [4.78, 5) is 0. The van der Waals surface area contributed by atoms with Gasteiger partial charge in [-0.1, -0.05) is 0 Å². The molecule has 0 aromatic carbocycles. The second kappa shape index (κ2) is 4.81. The molecule has 2 N–H and O–H groups in total. The van der Waals surface area contributed by atoms with Gasteiger partial charge < -0.3 is 14.8 Å². The van der Waals surface area contributed by atoms with E-state index in [0.29, 0.717) is 12.1 Å². The first kappa shape index (κ1) is 10.7. The first-order chi connectivity index (χ1) is 7.31. The van der Waals surface area contributed by atoms with Gasteiger partial charge in [-0.3, -0.25) is 0 Å². The third kappa shape index (κ3) is 2.41. The number of hydrogen-bond acceptors (Lipinski definition) is 3. The van der Waals surface area contributed by atoms with E-state index in [4.69, 9.17) is 9.52 Å². The number of nitrogens with one attached hydrogen (secondary N) is 1. The van der Waals surface area contributed by atoms with Crippen LogP contribution in [0.15, 0.2) is 16.7 Å². The van der Waals surface area contributed by atoms with Gasteiger partial charge in [0.05, 0.1) is 6.26 Å². The topological polar surface area (TPSA) is 45.4 Å². The normalized spacial score (nSPS) is 22.4. The van der Waals surface area contributed by atoms with Gasteiger partial charge in [-0.2, -0.15) is 0 Å². The summed E-state index contributed by atoms with van der Waals surface area (Å²) in [5.74, 6) is 1.13. The van der Waals surface area contributed by atoms with Crippen LogP contribution >= 0.6 is 0 Å². The molecule has 1 aromatic heterocycles. The number of aliphatic hydroxyl groups excluding tert-OH is 1. The van der Waals surface area contributed by atoms with Gasteiger partial charge in [0.25, 0.3) is 0 Å². The van der Waals surface area contributed by atoms with Crippen molar-refractivity contribution in [1.82, 2.24) is 5.32 Å². The zero-order valence-corrected chi connectivity index (χ0v) is 9.20. The Hall–Kier alpha value is -0.800. The molecule has 0 amide bonds. The van der Waals surface area contributed by atoms with Crippen molar-refractivity contribution >= 4 is 0 Å². The van der Waals surface area contributed by atoms with Crippen LogP contribution in [0.25, 0.3) is 0 Å². The first-order valence-corrected chi connectivity index (χ1v) is 5.74. The molecule has 0 fully saturated rings. The molecule has 1 aromatic rings. The Kier molecular flexibility index (Phi) is 3.44. The Bertz CT molecular complexity index is 308. The summed E-state index contributed by atoms with van der Waals surface area (Å²) in [7, 11) is 0. The lowest BCUT2D eigenvalue weighted by Gasteiger charge is -2.26. The molecule has 0 saturated carbocycles. The van der Waals surface area contributed by atoms with Crippen LogP contribution in [0.1, 0.15) is 43.6 Å². The summed E-state index contributed by atoms with van der Waals surface area (Å²) in [6.07, 6.45) is 6.01. The molecule has 84 valence electrons. The lowest BCUT2D eigenvalue weighted by atomic mass is 9.93. The van der Waals surface area contributed by atoms with Crippen molar-refractivity contribution in [3.63, 3.8) is 0 Å². The maximum absolute atomic E-state index is 8.86. The van der Waals surface area contributed by atoms with Crippen molar-refractivity contribution in [2.24, 2.45) is 0 Å². The van der Waals surface area contributed by atoms with Gasteiger partial charge in [0.2, 0.25) is 0 Å². The standard InChI is InChI=1S/C12H19NO2/c1-9(5-7-14)13-11-3-2-4-12-10(11)6-8-15-12/h6,8-9,11,13-14H,2-5,7H2,1H3. The average molecular weight is 209 g/mol. The Morgan fingerprint density at radius 1 is 1.67 bits per heavy atom. The molecule has 0 spiro atoms. The van der Waals surface area contributed by atoms with E-state index in [1.807, 2.05) is 0 Å². The Balaban J connectivity index is 2.00. The summed E-state index contributed by atoms with van der Waals surface area (Å²) in [6, 6.07) is 2.84. The van der Waals surface area contributed by atoms with Gasteiger partial charge in [0.15, 0.2) is 0 Å². The number of rotatable bonds is 4. The third-order valence-electron chi connectivity index (χ3n) is 3.10. The van der Waals surface area contributed by atoms with Crippen LogP contribution in [0, 0.1) is 0 Å². The second-order valence-corrected chi connectivity index (χ2v) is 4.32. The van der Waals surface area contributed by atoms with Crippen molar-refractivity contribution in [1.29, 1.82) is 0 Å². The van der Waals surface area contributed by atoms with Crippen molar-refractivity contribution in [2.45, 2.75) is 44.7 Å².